The summed E-state index contributed by atoms with van der Waals surface area (Å²) in [5.74, 6) is 2.03. The Morgan fingerprint density at radius 2 is 1.78 bits per heavy atom. The van der Waals surface area contributed by atoms with Crippen LogP contribution in [0.5, 0.6) is 23.0 Å². The number of rotatable bonds is 14. The molecule has 1 atom stereocenters. The SMILES string of the molecule is C=CCc1cc(/C=c2\sc3n(c2=O)[C@H](c2cc(OC)ccc2OC)C(C(=O)N(CC)CC)=C(C)N=3)cc(OCC)c1OCc1ccccc1Cl. The van der Waals surface area contributed by atoms with Crippen LogP contribution in [0.25, 0.3) is 6.08 Å². The second kappa shape index (κ2) is 16.3. The lowest BCUT2D eigenvalue weighted by molar-refractivity contribution is -0.127. The van der Waals surface area contributed by atoms with Crippen LogP contribution in [-0.2, 0) is 17.8 Å². The molecule has 0 saturated heterocycles. The molecule has 262 valence electrons. The number of ether oxygens (including phenoxy) is 4. The summed E-state index contributed by atoms with van der Waals surface area (Å²) in [6.45, 7) is 13.2. The molecule has 1 aromatic heterocycles. The van der Waals surface area contributed by atoms with E-state index in [4.69, 9.17) is 35.5 Å². The molecule has 50 heavy (non-hydrogen) atoms. The van der Waals surface area contributed by atoms with Gasteiger partial charge in [-0.25, -0.2) is 4.99 Å². The van der Waals surface area contributed by atoms with E-state index in [1.807, 2.05) is 76.2 Å². The van der Waals surface area contributed by atoms with Crippen molar-refractivity contribution in [2.45, 2.75) is 46.8 Å². The zero-order valence-corrected chi connectivity index (χ0v) is 30.8. The van der Waals surface area contributed by atoms with Crippen molar-refractivity contribution >= 4 is 34.9 Å². The Morgan fingerprint density at radius 1 is 1.02 bits per heavy atom. The van der Waals surface area contributed by atoms with E-state index < -0.39 is 6.04 Å². The molecule has 0 fully saturated rings. The number of halogens is 1. The number of amides is 1. The highest BCUT2D eigenvalue weighted by Crippen LogP contribution is 2.39. The highest BCUT2D eigenvalue weighted by molar-refractivity contribution is 7.07. The van der Waals surface area contributed by atoms with Crippen molar-refractivity contribution in [3.63, 3.8) is 0 Å². The van der Waals surface area contributed by atoms with Crippen molar-refractivity contribution in [2.75, 3.05) is 33.9 Å². The van der Waals surface area contributed by atoms with Crippen molar-refractivity contribution in [1.29, 1.82) is 0 Å². The summed E-state index contributed by atoms with van der Waals surface area (Å²) in [6.07, 6.45) is 4.12. The lowest BCUT2D eigenvalue weighted by Crippen LogP contribution is -2.43. The Labute approximate surface area is 301 Å². The highest BCUT2D eigenvalue weighted by atomic mass is 35.5. The number of carbonyl (C=O) groups excluding carboxylic acids is 1. The quantitative estimate of drug-likeness (QED) is 0.139. The van der Waals surface area contributed by atoms with E-state index in [-0.39, 0.29) is 18.1 Å². The van der Waals surface area contributed by atoms with Crippen LogP contribution in [0.4, 0.5) is 0 Å². The first kappa shape index (κ1) is 36.5. The van der Waals surface area contributed by atoms with Crippen LogP contribution in [-0.4, -0.2) is 49.3 Å². The fraction of sp³-hybridized carbons (Fsp3) is 0.308. The summed E-state index contributed by atoms with van der Waals surface area (Å²) in [6, 6.07) is 15.9. The van der Waals surface area contributed by atoms with Crippen molar-refractivity contribution in [3.8, 4) is 23.0 Å². The summed E-state index contributed by atoms with van der Waals surface area (Å²) in [5.41, 5.74) is 3.72. The summed E-state index contributed by atoms with van der Waals surface area (Å²) in [5, 5.41) is 0.616. The minimum Gasteiger partial charge on any atom is -0.497 e. The lowest BCUT2D eigenvalue weighted by Gasteiger charge is -2.30. The number of thiazole rings is 1. The number of methoxy groups -OCH3 is 2. The molecular weight excluding hydrogens is 674 g/mol. The van der Waals surface area contributed by atoms with Crippen LogP contribution >= 0.6 is 22.9 Å². The monoisotopic (exact) mass is 715 g/mol. The molecule has 0 saturated carbocycles. The Hall–Kier alpha value is -4.80. The fourth-order valence-corrected chi connectivity index (χ4v) is 7.28. The minimum absolute atomic E-state index is 0.191. The number of carbonyl (C=O) groups is 1. The predicted octanol–water partition coefficient (Wildman–Crippen LogP) is 6.48. The number of fused-ring (bicyclic) bond motifs is 1. The van der Waals surface area contributed by atoms with Crippen LogP contribution < -0.4 is 33.8 Å². The van der Waals surface area contributed by atoms with Crippen LogP contribution in [0, 0.1) is 0 Å². The van der Waals surface area contributed by atoms with Crippen LogP contribution in [0.15, 0.2) is 88.3 Å². The van der Waals surface area contributed by atoms with Gasteiger partial charge in [-0.15, -0.1) is 6.58 Å². The molecule has 0 spiro atoms. The molecule has 0 N–H and O–H groups in total. The first-order valence-electron chi connectivity index (χ1n) is 16.5. The van der Waals surface area contributed by atoms with Crippen molar-refractivity contribution in [1.82, 2.24) is 9.47 Å². The van der Waals surface area contributed by atoms with Gasteiger partial charge in [-0.1, -0.05) is 47.2 Å². The van der Waals surface area contributed by atoms with Gasteiger partial charge >= 0.3 is 0 Å². The Bertz CT molecular complexity index is 2110. The second-order valence-electron chi connectivity index (χ2n) is 11.5. The summed E-state index contributed by atoms with van der Waals surface area (Å²) in [4.78, 5) is 35.6. The summed E-state index contributed by atoms with van der Waals surface area (Å²) >= 11 is 7.66. The third kappa shape index (κ3) is 7.37. The maximum absolute atomic E-state index is 14.5. The maximum atomic E-state index is 14.5. The molecule has 0 radical (unpaired) electrons. The van der Waals surface area contributed by atoms with E-state index in [0.717, 1.165) is 16.7 Å². The zero-order chi connectivity index (χ0) is 35.9. The Morgan fingerprint density at radius 3 is 2.44 bits per heavy atom. The lowest BCUT2D eigenvalue weighted by atomic mass is 9.93. The van der Waals surface area contributed by atoms with Gasteiger partial charge < -0.3 is 23.8 Å². The number of benzene rings is 3. The molecule has 1 aliphatic heterocycles. The van der Waals surface area contributed by atoms with Gasteiger partial charge in [0.1, 0.15) is 24.1 Å². The molecule has 5 rings (SSSR count). The average molecular weight is 716 g/mol. The number of likely N-dealkylation sites (N-methyl/N-ethyl adjacent to an activating group) is 1. The third-order valence-corrected chi connectivity index (χ3v) is 9.83. The van der Waals surface area contributed by atoms with E-state index in [1.165, 1.54) is 11.3 Å². The number of hydrogen-bond acceptors (Lipinski definition) is 8. The average Bonchev–Trinajstić information content (AvgIpc) is 3.41. The molecule has 0 aliphatic carbocycles. The first-order valence-corrected chi connectivity index (χ1v) is 17.7. The van der Waals surface area contributed by atoms with Gasteiger partial charge in [0.2, 0.25) is 0 Å². The van der Waals surface area contributed by atoms with Gasteiger partial charge in [-0.2, -0.15) is 0 Å². The molecule has 11 heteroatoms. The molecule has 0 bridgehead atoms. The molecule has 2 heterocycles. The van der Waals surface area contributed by atoms with Crippen LogP contribution in [0.3, 0.4) is 0 Å². The van der Waals surface area contributed by atoms with Gasteiger partial charge in [-0.3, -0.25) is 14.2 Å². The molecule has 0 unspecified atom stereocenters. The number of aromatic nitrogens is 1. The van der Waals surface area contributed by atoms with E-state index >= 15 is 0 Å². The maximum Gasteiger partial charge on any atom is 0.271 e. The Balaban J connectivity index is 1.69. The normalized spacial score (nSPS) is 14.1. The van der Waals surface area contributed by atoms with E-state index in [1.54, 1.807) is 41.9 Å². The molecule has 1 amide bonds. The van der Waals surface area contributed by atoms with Gasteiger partial charge in [-0.05, 0) is 82.2 Å². The highest BCUT2D eigenvalue weighted by Gasteiger charge is 2.36. The molecular formula is C39H42ClN3O6S. The molecule has 9 nitrogen and oxygen atoms in total. The predicted molar refractivity (Wildman–Crippen MR) is 199 cm³/mol. The van der Waals surface area contributed by atoms with Crippen LogP contribution in [0.1, 0.15) is 56.0 Å². The van der Waals surface area contributed by atoms with Crippen molar-refractivity contribution in [3.05, 3.63) is 125 Å². The van der Waals surface area contributed by atoms with Crippen molar-refractivity contribution in [2.24, 2.45) is 4.99 Å². The molecule has 4 aromatic rings. The second-order valence-corrected chi connectivity index (χ2v) is 12.9. The summed E-state index contributed by atoms with van der Waals surface area (Å²) < 4.78 is 25.7. The van der Waals surface area contributed by atoms with Gasteiger partial charge in [0.25, 0.3) is 11.5 Å². The van der Waals surface area contributed by atoms with Gasteiger partial charge in [0.05, 0.1) is 36.6 Å². The largest absolute Gasteiger partial charge is 0.497 e. The number of nitrogens with zero attached hydrogens (tertiary/aromatic N) is 3. The topological polar surface area (TPSA) is 91.6 Å². The van der Waals surface area contributed by atoms with Gasteiger partial charge in [0.15, 0.2) is 16.3 Å². The van der Waals surface area contributed by atoms with Gasteiger partial charge in [0, 0.05) is 34.8 Å². The smallest absolute Gasteiger partial charge is 0.271 e. The third-order valence-electron chi connectivity index (χ3n) is 8.48. The van der Waals surface area contributed by atoms with Crippen LogP contribution in [0.2, 0.25) is 5.02 Å². The standard InChI is InChI=1S/C39H42ClN3O6S/c1-8-14-26-19-25(20-32(48-11-4)36(26)49-23-27-15-12-13-16-30(27)40)21-33-37(44)43-35(29-22-28(46-6)17-18-31(29)47-7)34(24(5)41-39(43)50-33)38(45)42(9-2)10-3/h8,12-13,15-22,35H,1,9-11,14,23H2,2-7H3/b33-21-/t35-/m1/s1. The minimum atomic E-state index is -0.803. The van der Waals surface area contributed by atoms with Crippen molar-refractivity contribution < 1.29 is 23.7 Å². The zero-order valence-electron chi connectivity index (χ0n) is 29.2. The number of hydrogen-bond donors (Lipinski definition) is 0. The molecule has 1 aliphatic rings. The van der Waals surface area contributed by atoms with E-state index in [0.29, 0.717) is 80.3 Å². The Kier molecular flexibility index (Phi) is 11.9. The fourth-order valence-electron chi connectivity index (χ4n) is 6.04. The van der Waals surface area contributed by atoms with E-state index in [2.05, 4.69) is 6.58 Å². The summed E-state index contributed by atoms with van der Waals surface area (Å²) in [7, 11) is 3.14. The molecule has 3 aromatic carbocycles. The van der Waals surface area contributed by atoms with E-state index in [9.17, 15) is 9.59 Å². The number of allylic oxidation sites excluding steroid dienone is 2. The first-order chi connectivity index (χ1) is 24.2.